The smallest absolute Gasteiger partial charge is 0.264 e. The summed E-state index contributed by atoms with van der Waals surface area (Å²) in [6.45, 7) is 2.19. The third kappa shape index (κ3) is 5.34. The van der Waals surface area contributed by atoms with E-state index in [1.54, 1.807) is 7.11 Å². The third-order valence-electron chi connectivity index (χ3n) is 5.91. The van der Waals surface area contributed by atoms with E-state index >= 15 is 0 Å². The standard InChI is InChI=1S/C25H26F2N2O3S/c1-32-24-10-2-19(3-11-24)18-28-16-14-23(15-17-28)29(22-8-4-20(26)5-9-22)33(30,31)25-12-6-21(27)7-13-25/h2-13,23H,14-18H2,1H3. The summed E-state index contributed by atoms with van der Waals surface area (Å²) in [5.74, 6) is -0.139. The molecule has 3 aromatic rings. The van der Waals surface area contributed by atoms with Gasteiger partial charge in [-0.2, -0.15) is 0 Å². The van der Waals surface area contributed by atoms with E-state index in [1.165, 1.54) is 40.7 Å². The van der Waals surface area contributed by atoms with Crippen molar-refractivity contribution in [2.24, 2.45) is 0 Å². The van der Waals surface area contributed by atoms with Gasteiger partial charge in [0.05, 0.1) is 17.7 Å². The second-order valence-corrected chi connectivity index (χ2v) is 9.90. The molecule has 0 aromatic heterocycles. The first kappa shape index (κ1) is 23.2. The molecule has 0 bridgehead atoms. The van der Waals surface area contributed by atoms with Crippen molar-refractivity contribution in [3.8, 4) is 5.75 Å². The van der Waals surface area contributed by atoms with Crippen LogP contribution in [0.4, 0.5) is 14.5 Å². The van der Waals surface area contributed by atoms with Crippen LogP contribution < -0.4 is 9.04 Å². The van der Waals surface area contributed by atoms with Gasteiger partial charge in [-0.1, -0.05) is 12.1 Å². The van der Waals surface area contributed by atoms with Gasteiger partial charge in [-0.05, 0) is 79.1 Å². The van der Waals surface area contributed by atoms with Crippen molar-refractivity contribution in [3.63, 3.8) is 0 Å². The van der Waals surface area contributed by atoms with Crippen LogP contribution in [0.15, 0.2) is 77.7 Å². The zero-order chi connectivity index (χ0) is 23.4. The summed E-state index contributed by atoms with van der Waals surface area (Å²) in [6.07, 6.45) is 1.24. The number of piperidine rings is 1. The number of hydrogen-bond donors (Lipinski definition) is 0. The lowest BCUT2D eigenvalue weighted by Gasteiger charge is -2.39. The molecule has 1 aliphatic heterocycles. The van der Waals surface area contributed by atoms with E-state index in [0.29, 0.717) is 31.6 Å². The first-order valence-corrected chi connectivity index (χ1v) is 12.2. The number of benzene rings is 3. The number of hydrogen-bond acceptors (Lipinski definition) is 4. The van der Waals surface area contributed by atoms with Crippen LogP contribution in [0.25, 0.3) is 0 Å². The molecule has 1 aliphatic rings. The molecule has 1 saturated heterocycles. The number of halogens is 2. The van der Waals surface area contributed by atoms with Crippen LogP contribution in [0.3, 0.4) is 0 Å². The van der Waals surface area contributed by atoms with Crippen LogP contribution in [0.2, 0.25) is 0 Å². The van der Waals surface area contributed by atoms with Crippen LogP contribution in [0.1, 0.15) is 18.4 Å². The summed E-state index contributed by atoms with van der Waals surface area (Å²) in [4.78, 5) is 2.29. The number of rotatable bonds is 7. The van der Waals surface area contributed by atoms with E-state index < -0.39 is 21.7 Å². The first-order chi connectivity index (χ1) is 15.9. The Labute approximate surface area is 193 Å². The highest BCUT2D eigenvalue weighted by molar-refractivity contribution is 7.92. The van der Waals surface area contributed by atoms with Gasteiger partial charge >= 0.3 is 0 Å². The number of ether oxygens (including phenoxy) is 1. The van der Waals surface area contributed by atoms with Crippen molar-refractivity contribution < 1.29 is 21.9 Å². The lowest BCUT2D eigenvalue weighted by atomic mass is 10.0. The Kier molecular flexibility index (Phi) is 6.95. The first-order valence-electron chi connectivity index (χ1n) is 10.8. The fraction of sp³-hybridized carbons (Fsp3) is 0.280. The van der Waals surface area contributed by atoms with Gasteiger partial charge < -0.3 is 4.74 Å². The predicted octanol–water partition coefficient (Wildman–Crippen LogP) is 4.83. The molecule has 0 saturated carbocycles. The Morgan fingerprint density at radius 3 is 1.97 bits per heavy atom. The SMILES string of the molecule is COc1ccc(CN2CCC(N(c3ccc(F)cc3)S(=O)(=O)c3ccc(F)cc3)CC2)cc1. The zero-order valence-electron chi connectivity index (χ0n) is 18.3. The molecule has 33 heavy (non-hydrogen) atoms. The van der Waals surface area contributed by atoms with Crippen molar-refractivity contribution in [1.82, 2.24) is 4.90 Å². The Morgan fingerprint density at radius 2 is 1.42 bits per heavy atom. The van der Waals surface area contributed by atoms with Crippen LogP contribution in [0.5, 0.6) is 5.75 Å². The van der Waals surface area contributed by atoms with Crippen LogP contribution in [-0.2, 0) is 16.6 Å². The van der Waals surface area contributed by atoms with Crippen LogP contribution >= 0.6 is 0 Å². The Balaban J connectivity index is 1.54. The monoisotopic (exact) mass is 472 g/mol. The molecule has 1 fully saturated rings. The van der Waals surface area contributed by atoms with Crippen molar-refractivity contribution >= 4 is 15.7 Å². The summed E-state index contributed by atoms with van der Waals surface area (Å²) in [6, 6.07) is 17.8. The van der Waals surface area contributed by atoms with Crippen molar-refractivity contribution in [1.29, 1.82) is 0 Å². The number of sulfonamides is 1. The molecule has 4 rings (SSSR count). The molecule has 5 nitrogen and oxygen atoms in total. The van der Waals surface area contributed by atoms with Gasteiger partial charge in [0.1, 0.15) is 17.4 Å². The lowest BCUT2D eigenvalue weighted by molar-refractivity contribution is 0.206. The molecule has 0 atom stereocenters. The Bertz CT molecular complexity index is 1160. The Hall–Kier alpha value is -2.97. The summed E-state index contributed by atoms with van der Waals surface area (Å²) in [5.41, 5.74) is 1.55. The van der Waals surface area contributed by atoms with E-state index in [9.17, 15) is 17.2 Å². The highest BCUT2D eigenvalue weighted by Crippen LogP contribution is 2.31. The quantitative estimate of drug-likeness (QED) is 0.494. The summed E-state index contributed by atoms with van der Waals surface area (Å²) in [5, 5.41) is 0. The maximum atomic E-state index is 13.5. The van der Waals surface area contributed by atoms with Crippen LogP contribution in [-0.4, -0.2) is 39.6 Å². The van der Waals surface area contributed by atoms with E-state index in [0.717, 1.165) is 30.0 Å². The molecule has 174 valence electrons. The minimum atomic E-state index is -3.96. The maximum absolute atomic E-state index is 13.5. The molecule has 0 N–H and O–H groups in total. The molecular formula is C25H26F2N2O3S. The van der Waals surface area contributed by atoms with Crippen molar-refractivity contribution in [2.45, 2.75) is 30.3 Å². The molecule has 0 radical (unpaired) electrons. The fourth-order valence-corrected chi connectivity index (χ4v) is 5.86. The largest absolute Gasteiger partial charge is 0.497 e. The fourth-order valence-electron chi connectivity index (χ4n) is 4.16. The number of nitrogens with zero attached hydrogens (tertiary/aromatic N) is 2. The minimum Gasteiger partial charge on any atom is -0.497 e. The van der Waals surface area contributed by atoms with Gasteiger partial charge in [0.15, 0.2) is 0 Å². The highest BCUT2D eigenvalue weighted by atomic mass is 32.2. The molecule has 0 unspecified atom stereocenters. The van der Waals surface area contributed by atoms with Gasteiger partial charge in [-0.25, -0.2) is 17.2 Å². The summed E-state index contributed by atoms with van der Waals surface area (Å²) in [7, 11) is -2.32. The Morgan fingerprint density at radius 1 is 0.879 bits per heavy atom. The normalized spacial score (nSPS) is 15.4. The molecule has 8 heteroatoms. The van der Waals surface area contributed by atoms with Gasteiger partial charge in [-0.15, -0.1) is 0 Å². The van der Waals surface area contributed by atoms with Crippen molar-refractivity contribution in [2.75, 3.05) is 24.5 Å². The predicted molar refractivity (Wildman–Crippen MR) is 124 cm³/mol. The number of likely N-dealkylation sites (tertiary alicyclic amines) is 1. The van der Waals surface area contributed by atoms with Gasteiger partial charge in [0.2, 0.25) is 0 Å². The highest BCUT2D eigenvalue weighted by Gasteiger charge is 2.34. The maximum Gasteiger partial charge on any atom is 0.264 e. The molecule has 3 aromatic carbocycles. The second-order valence-electron chi connectivity index (χ2n) is 8.09. The zero-order valence-corrected chi connectivity index (χ0v) is 19.1. The summed E-state index contributed by atoms with van der Waals surface area (Å²) < 4.78 is 60.6. The molecule has 0 spiro atoms. The second kappa shape index (κ2) is 9.89. The number of anilines is 1. The van der Waals surface area contributed by atoms with Crippen molar-refractivity contribution in [3.05, 3.63) is 90.0 Å². The van der Waals surface area contributed by atoms with E-state index in [2.05, 4.69) is 4.90 Å². The molecule has 1 heterocycles. The average molecular weight is 473 g/mol. The molecular weight excluding hydrogens is 446 g/mol. The lowest BCUT2D eigenvalue weighted by Crippen LogP contribution is -2.47. The average Bonchev–Trinajstić information content (AvgIpc) is 2.82. The van der Waals surface area contributed by atoms with E-state index in [4.69, 9.17) is 4.74 Å². The van der Waals surface area contributed by atoms with E-state index in [1.807, 2.05) is 24.3 Å². The van der Waals surface area contributed by atoms with Gasteiger partial charge in [0.25, 0.3) is 10.0 Å². The summed E-state index contributed by atoms with van der Waals surface area (Å²) >= 11 is 0. The van der Waals surface area contributed by atoms with Crippen LogP contribution in [0, 0.1) is 11.6 Å². The topological polar surface area (TPSA) is 49.9 Å². The third-order valence-corrected chi connectivity index (χ3v) is 7.80. The van der Waals surface area contributed by atoms with Gasteiger partial charge in [0, 0.05) is 25.7 Å². The molecule has 0 aliphatic carbocycles. The molecule has 0 amide bonds. The van der Waals surface area contributed by atoms with Gasteiger partial charge in [-0.3, -0.25) is 9.21 Å². The van der Waals surface area contributed by atoms with E-state index in [-0.39, 0.29) is 10.9 Å². The minimum absolute atomic E-state index is 0.00823. The number of methoxy groups -OCH3 is 1.